The molecule has 7 heteroatoms. The normalized spacial score (nSPS) is 15.4. The van der Waals surface area contributed by atoms with Gasteiger partial charge in [0.25, 0.3) is 0 Å². The molecule has 0 radical (unpaired) electrons. The molecule has 3 aromatic carbocycles. The summed E-state index contributed by atoms with van der Waals surface area (Å²) >= 11 is 0. The maximum absolute atomic E-state index is 13.0. The van der Waals surface area contributed by atoms with Gasteiger partial charge in [-0.05, 0) is 66.9 Å². The summed E-state index contributed by atoms with van der Waals surface area (Å²) in [5.41, 5.74) is 10.2. The maximum Gasteiger partial charge on any atom is 0.243 e. The number of benzene rings is 3. The van der Waals surface area contributed by atoms with E-state index in [1.165, 1.54) is 12.1 Å². The van der Waals surface area contributed by atoms with Crippen LogP contribution in [-0.2, 0) is 16.2 Å². The molecule has 2 amide bonds. The first-order valence-corrected chi connectivity index (χ1v) is 10.8. The zero-order valence-electron chi connectivity index (χ0n) is 18.6. The van der Waals surface area contributed by atoms with Gasteiger partial charge in [0.1, 0.15) is 18.2 Å². The van der Waals surface area contributed by atoms with Gasteiger partial charge in [-0.3, -0.25) is 20.4 Å². The van der Waals surface area contributed by atoms with Gasteiger partial charge in [0.2, 0.25) is 11.8 Å². The summed E-state index contributed by atoms with van der Waals surface area (Å²) in [5.74, 6) is -0.427. The van der Waals surface area contributed by atoms with E-state index in [0.717, 1.165) is 22.4 Å². The second kappa shape index (κ2) is 9.73. The van der Waals surface area contributed by atoms with Gasteiger partial charge in [0.15, 0.2) is 0 Å². The molecule has 2 N–H and O–H groups in total. The highest BCUT2D eigenvalue weighted by molar-refractivity contribution is 6.00. The number of anilines is 2. The van der Waals surface area contributed by atoms with E-state index in [2.05, 4.69) is 10.9 Å². The fraction of sp³-hybridized carbons (Fsp3) is 0.231. The highest BCUT2D eigenvalue weighted by Gasteiger charge is 2.35. The van der Waals surface area contributed by atoms with Crippen molar-refractivity contribution < 1.29 is 18.7 Å². The van der Waals surface area contributed by atoms with Gasteiger partial charge in [-0.15, -0.1) is 0 Å². The number of amides is 2. The zero-order chi connectivity index (χ0) is 23.4. The van der Waals surface area contributed by atoms with E-state index in [0.29, 0.717) is 24.6 Å². The first-order valence-electron chi connectivity index (χ1n) is 10.8. The molecule has 3 aromatic rings. The van der Waals surface area contributed by atoms with Gasteiger partial charge in [-0.25, -0.2) is 4.39 Å². The van der Waals surface area contributed by atoms with E-state index in [1.54, 1.807) is 41.3 Å². The highest BCUT2D eigenvalue weighted by Crippen LogP contribution is 2.27. The average Bonchev–Trinajstić information content (AvgIpc) is 3.21. The van der Waals surface area contributed by atoms with E-state index in [9.17, 15) is 14.0 Å². The molecule has 1 aliphatic rings. The van der Waals surface area contributed by atoms with Crippen molar-refractivity contribution in [2.75, 3.05) is 16.9 Å². The monoisotopic (exact) mass is 447 g/mol. The molecule has 1 heterocycles. The van der Waals surface area contributed by atoms with Crippen LogP contribution in [0.2, 0.25) is 0 Å². The number of aryl methyl sites for hydroxylation is 2. The summed E-state index contributed by atoms with van der Waals surface area (Å²) in [7, 11) is 0. The summed E-state index contributed by atoms with van der Waals surface area (Å²) < 4.78 is 18.8. The topological polar surface area (TPSA) is 70.7 Å². The molecular weight excluding hydrogens is 421 g/mol. The van der Waals surface area contributed by atoms with Crippen molar-refractivity contribution >= 4 is 23.2 Å². The van der Waals surface area contributed by atoms with Crippen molar-refractivity contribution in [2.45, 2.75) is 26.9 Å². The minimum absolute atomic E-state index is 0.0606. The molecule has 1 saturated heterocycles. The summed E-state index contributed by atoms with van der Waals surface area (Å²) in [4.78, 5) is 26.8. The molecule has 0 unspecified atom stereocenters. The van der Waals surface area contributed by atoms with Crippen LogP contribution in [-0.4, -0.2) is 18.4 Å². The van der Waals surface area contributed by atoms with Crippen molar-refractivity contribution in [3.63, 3.8) is 0 Å². The lowest BCUT2D eigenvalue weighted by molar-refractivity contribution is -0.125. The lowest BCUT2D eigenvalue weighted by atomic mass is 10.1. The Morgan fingerprint density at radius 3 is 2.61 bits per heavy atom. The Morgan fingerprint density at radius 2 is 1.85 bits per heavy atom. The molecule has 6 nitrogen and oxygen atoms in total. The molecule has 1 atom stereocenters. The smallest absolute Gasteiger partial charge is 0.243 e. The third kappa shape index (κ3) is 5.49. The molecule has 0 aromatic heterocycles. The van der Waals surface area contributed by atoms with E-state index in [1.807, 2.05) is 32.0 Å². The van der Waals surface area contributed by atoms with E-state index < -0.39 is 5.92 Å². The van der Waals surface area contributed by atoms with Crippen LogP contribution < -0.4 is 20.5 Å². The second-order valence-corrected chi connectivity index (χ2v) is 8.23. The SMILES string of the molecule is Cc1ccc(N2C[C@@H](C(=O)NNc3cccc(OCc4ccc(F)cc4)c3)CC2=O)cc1C. The number of hydrazine groups is 1. The Hall–Kier alpha value is -3.87. The van der Waals surface area contributed by atoms with Crippen molar-refractivity contribution in [1.82, 2.24) is 5.43 Å². The predicted octanol–water partition coefficient (Wildman–Crippen LogP) is 4.52. The quantitative estimate of drug-likeness (QED) is 0.523. The summed E-state index contributed by atoms with van der Waals surface area (Å²) in [5, 5.41) is 0. The van der Waals surface area contributed by atoms with Crippen molar-refractivity contribution in [2.24, 2.45) is 5.92 Å². The number of halogens is 1. The average molecular weight is 448 g/mol. The predicted molar refractivity (Wildman–Crippen MR) is 125 cm³/mol. The number of carbonyl (C=O) groups excluding carboxylic acids is 2. The number of nitrogens with one attached hydrogen (secondary N) is 2. The van der Waals surface area contributed by atoms with Gasteiger partial charge in [0, 0.05) is 24.7 Å². The lowest BCUT2D eigenvalue weighted by Crippen LogP contribution is -2.36. The van der Waals surface area contributed by atoms with Crippen LogP contribution in [0.5, 0.6) is 5.75 Å². The molecule has 1 aliphatic heterocycles. The molecular formula is C26H26FN3O3. The highest BCUT2D eigenvalue weighted by atomic mass is 19.1. The first kappa shape index (κ1) is 22.3. The van der Waals surface area contributed by atoms with Crippen molar-refractivity contribution in [3.8, 4) is 5.75 Å². The summed E-state index contributed by atoms with van der Waals surface area (Å²) in [6.45, 7) is 4.67. The molecule has 170 valence electrons. The molecule has 0 spiro atoms. The Labute approximate surface area is 192 Å². The Morgan fingerprint density at radius 1 is 1.06 bits per heavy atom. The van der Waals surface area contributed by atoms with Crippen LogP contribution in [0.25, 0.3) is 0 Å². The van der Waals surface area contributed by atoms with Crippen LogP contribution >= 0.6 is 0 Å². The Balaban J connectivity index is 1.31. The summed E-state index contributed by atoms with van der Waals surface area (Å²) in [6.07, 6.45) is 0.168. The fourth-order valence-corrected chi connectivity index (χ4v) is 3.67. The fourth-order valence-electron chi connectivity index (χ4n) is 3.67. The molecule has 4 rings (SSSR count). The molecule has 0 aliphatic carbocycles. The van der Waals surface area contributed by atoms with Gasteiger partial charge in [-0.2, -0.15) is 0 Å². The van der Waals surface area contributed by atoms with E-state index >= 15 is 0 Å². The third-order valence-corrected chi connectivity index (χ3v) is 5.78. The Bertz CT molecular complexity index is 1160. The molecule has 1 fully saturated rings. The molecule has 33 heavy (non-hydrogen) atoms. The number of carbonyl (C=O) groups is 2. The third-order valence-electron chi connectivity index (χ3n) is 5.78. The van der Waals surface area contributed by atoms with E-state index in [-0.39, 0.29) is 24.1 Å². The van der Waals surface area contributed by atoms with Crippen LogP contribution in [0.1, 0.15) is 23.1 Å². The van der Waals surface area contributed by atoms with Crippen molar-refractivity contribution in [1.29, 1.82) is 0 Å². The molecule has 0 saturated carbocycles. The first-order chi connectivity index (χ1) is 15.9. The lowest BCUT2D eigenvalue weighted by Gasteiger charge is -2.18. The number of hydrogen-bond donors (Lipinski definition) is 2. The number of hydrogen-bond acceptors (Lipinski definition) is 4. The van der Waals surface area contributed by atoms with E-state index in [4.69, 9.17) is 4.74 Å². The van der Waals surface area contributed by atoms with Crippen LogP contribution in [0.3, 0.4) is 0 Å². The number of nitrogens with zero attached hydrogens (tertiary/aromatic N) is 1. The Kier molecular flexibility index (Phi) is 6.58. The van der Waals surface area contributed by atoms with Crippen LogP contribution in [0.4, 0.5) is 15.8 Å². The molecule has 0 bridgehead atoms. The number of ether oxygens (including phenoxy) is 1. The van der Waals surface area contributed by atoms with Gasteiger partial charge >= 0.3 is 0 Å². The zero-order valence-corrected chi connectivity index (χ0v) is 18.6. The van der Waals surface area contributed by atoms with Crippen LogP contribution in [0, 0.1) is 25.6 Å². The number of rotatable bonds is 7. The summed E-state index contributed by atoms with van der Waals surface area (Å²) in [6, 6.07) is 19.1. The maximum atomic E-state index is 13.0. The van der Waals surface area contributed by atoms with Gasteiger partial charge in [-0.1, -0.05) is 24.3 Å². The largest absolute Gasteiger partial charge is 0.489 e. The van der Waals surface area contributed by atoms with Gasteiger partial charge in [0.05, 0.1) is 11.6 Å². The standard InChI is InChI=1S/C26H26FN3O3/c1-17-6-11-23(12-18(17)2)30-15-20(13-25(30)31)26(32)29-28-22-4-3-5-24(14-22)33-16-19-7-9-21(27)10-8-19/h3-12,14,20,28H,13,15-16H2,1-2H3,(H,29,32)/t20-/m0/s1. The minimum atomic E-state index is -0.440. The second-order valence-electron chi connectivity index (χ2n) is 8.23. The van der Waals surface area contributed by atoms with Crippen molar-refractivity contribution in [3.05, 3.63) is 89.2 Å². The van der Waals surface area contributed by atoms with Crippen LogP contribution in [0.15, 0.2) is 66.7 Å². The minimum Gasteiger partial charge on any atom is -0.489 e. The van der Waals surface area contributed by atoms with Gasteiger partial charge < -0.3 is 9.64 Å².